The summed E-state index contributed by atoms with van der Waals surface area (Å²) in [6.07, 6.45) is 7.27. The third kappa shape index (κ3) is 3.51. The molecular formula is C21H21N7O. The zero-order chi connectivity index (χ0) is 19.8. The minimum Gasteiger partial charge on any atom is -0.368 e. The number of fused-ring (bicyclic) bond motifs is 1. The summed E-state index contributed by atoms with van der Waals surface area (Å²) < 4.78 is 1.75. The maximum Gasteiger partial charge on any atom is 0.261 e. The Hall–Kier alpha value is -3.47. The summed E-state index contributed by atoms with van der Waals surface area (Å²) in [7, 11) is 0. The van der Waals surface area contributed by atoms with Crippen LogP contribution in [0, 0.1) is 17.2 Å². The molecule has 3 heterocycles. The number of piperazine rings is 1. The molecular weight excluding hydrogens is 366 g/mol. The predicted octanol–water partition coefficient (Wildman–Crippen LogP) is 1.79. The number of rotatable bonds is 4. The van der Waals surface area contributed by atoms with Crippen LogP contribution in [0.4, 0.5) is 11.5 Å². The summed E-state index contributed by atoms with van der Waals surface area (Å²) in [5, 5.41) is 9.53. The number of hydrogen-bond acceptors (Lipinski definition) is 7. The van der Waals surface area contributed by atoms with Crippen LogP contribution in [-0.2, 0) is 6.54 Å². The third-order valence-electron chi connectivity index (χ3n) is 5.68. The van der Waals surface area contributed by atoms with Gasteiger partial charge in [0, 0.05) is 38.4 Å². The summed E-state index contributed by atoms with van der Waals surface area (Å²) in [4.78, 5) is 30.1. The average molecular weight is 387 g/mol. The van der Waals surface area contributed by atoms with E-state index >= 15 is 0 Å². The Bertz CT molecular complexity index is 1140. The first-order chi connectivity index (χ1) is 14.2. The van der Waals surface area contributed by atoms with E-state index in [1.807, 2.05) is 24.3 Å². The molecule has 1 aliphatic heterocycles. The highest BCUT2D eigenvalue weighted by atomic mass is 16.1. The Balaban J connectivity index is 1.31. The van der Waals surface area contributed by atoms with Crippen molar-refractivity contribution in [3.8, 4) is 6.07 Å². The fourth-order valence-corrected chi connectivity index (χ4v) is 3.79. The molecule has 146 valence electrons. The summed E-state index contributed by atoms with van der Waals surface area (Å²) in [5.74, 6) is 1.43. The first-order valence-corrected chi connectivity index (χ1v) is 9.92. The lowest BCUT2D eigenvalue weighted by molar-refractivity contribution is 0.602. The van der Waals surface area contributed by atoms with E-state index < -0.39 is 0 Å². The molecule has 2 aliphatic rings. The SMILES string of the molecule is N#Cc1cnc(N2CCN(c3ccc4c(=O)n(CC5CC5)cnc4c3)CC2)cn1. The summed E-state index contributed by atoms with van der Waals surface area (Å²) in [6, 6.07) is 7.92. The van der Waals surface area contributed by atoms with E-state index in [4.69, 9.17) is 5.26 Å². The lowest BCUT2D eigenvalue weighted by Crippen LogP contribution is -2.46. The van der Waals surface area contributed by atoms with E-state index in [0.29, 0.717) is 17.0 Å². The predicted molar refractivity (Wildman–Crippen MR) is 110 cm³/mol. The van der Waals surface area contributed by atoms with Crippen LogP contribution in [-0.4, -0.2) is 45.7 Å². The van der Waals surface area contributed by atoms with Gasteiger partial charge in [0.25, 0.3) is 5.56 Å². The van der Waals surface area contributed by atoms with Crippen molar-refractivity contribution in [1.82, 2.24) is 19.5 Å². The molecule has 1 aromatic carbocycles. The number of benzene rings is 1. The highest BCUT2D eigenvalue weighted by molar-refractivity contribution is 5.81. The minimum absolute atomic E-state index is 0.0534. The van der Waals surface area contributed by atoms with E-state index in [2.05, 4.69) is 24.8 Å². The van der Waals surface area contributed by atoms with Crippen molar-refractivity contribution < 1.29 is 0 Å². The second-order valence-electron chi connectivity index (χ2n) is 7.69. The maximum atomic E-state index is 12.7. The quantitative estimate of drug-likeness (QED) is 0.674. The number of nitrogens with zero attached hydrogens (tertiary/aromatic N) is 7. The largest absolute Gasteiger partial charge is 0.368 e. The van der Waals surface area contributed by atoms with Gasteiger partial charge >= 0.3 is 0 Å². The molecule has 0 atom stereocenters. The zero-order valence-corrected chi connectivity index (χ0v) is 16.0. The van der Waals surface area contributed by atoms with Crippen molar-refractivity contribution in [1.29, 1.82) is 5.26 Å². The molecule has 29 heavy (non-hydrogen) atoms. The Morgan fingerprint density at radius 2 is 1.83 bits per heavy atom. The van der Waals surface area contributed by atoms with Crippen LogP contribution in [0.15, 0.2) is 41.7 Å². The molecule has 0 bridgehead atoms. The topological polar surface area (TPSA) is 90.9 Å². The third-order valence-corrected chi connectivity index (χ3v) is 5.68. The molecule has 8 nitrogen and oxygen atoms in total. The van der Waals surface area contributed by atoms with Gasteiger partial charge in [-0.25, -0.2) is 15.0 Å². The average Bonchev–Trinajstić information content (AvgIpc) is 3.60. The Labute approximate surface area is 168 Å². The molecule has 0 unspecified atom stereocenters. The number of hydrogen-bond donors (Lipinski definition) is 0. The Morgan fingerprint density at radius 3 is 2.52 bits per heavy atom. The molecule has 0 spiro atoms. The molecule has 1 saturated carbocycles. The highest BCUT2D eigenvalue weighted by Gasteiger charge is 2.23. The molecule has 1 saturated heterocycles. The van der Waals surface area contributed by atoms with E-state index in [1.165, 1.54) is 19.0 Å². The number of aromatic nitrogens is 4. The van der Waals surface area contributed by atoms with Crippen LogP contribution in [0.1, 0.15) is 18.5 Å². The van der Waals surface area contributed by atoms with Crippen molar-refractivity contribution >= 4 is 22.4 Å². The van der Waals surface area contributed by atoms with E-state index in [9.17, 15) is 4.79 Å². The molecule has 8 heteroatoms. The van der Waals surface area contributed by atoms with Crippen molar-refractivity contribution in [3.63, 3.8) is 0 Å². The molecule has 2 aromatic heterocycles. The van der Waals surface area contributed by atoms with Crippen LogP contribution in [0.3, 0.4) is 0 Å². The van der Waals surface area contributed by atoms with E-state index in [1.54, 1.807) is 17.1 Å². The van der Waals surface area contributed by atoms with E-state index in [0.717, 1.165) is 49.7 Å². The van der Waals surface area contributed by atoms with Crippen molar-refractivity contribution in [2.24, 2.45) is 5.92 Å². The van der Waals surface area contributed by atoms with Crippen LogP contribution in [0.5, 0.6) is 0 Å². The van der Waals surface area contributed by atoms with Crippen LogP contribution >= 0.6 is 0 Å². The van der Waals surface area contributed by atoms with Crippen LogP contribution < -0.4 is 15.4 Å². The zero-order valence-electron chi connectivity index (χ0n) is 16.0. The van der Waals surface area contributed by atoms with Crippen molar-refractivity contribution in [2.75, 3.05) is 36.0 Å². The number of anilines is 2. The molecule has 0 N–H and O–H groups in total. The maximum absolute atomic E-state index is 12.7. The van der Waals surface area contributed by atoms with Gasteiger partial charge < -0.3 is 9.80 Å². The second kappa shape index (κ2) is 7.17. The Morgan fingerprint density at radius 1 is 1.03 bits per heavy atom. The smallest absolute Gasteiger partial charge is 0.261 e. The highest BCUT2D eigenvalue weighted by Crippen LogP contribution is 2.30. The van der Waals surface area contributed by atoms with Crippen molar-refractivity contribution in [3.05, 3.63) is 53.0 Å². The molecule has 1 aliphatic carbocycles. The normalized spacial score (nSPS) is 16.8. The van der Waals surface area contributed by atoms with Gasteiger partial charge in [-0.15, -0.1) is 0 Å². The molecule has 3 aromatic rings. The lowest BCUT2D eigenvalue weighted by Gasteiger charge is -2.36. The first-order valence-electron chi connectivity index (χ1n) is 9.92. The van der Waals surface area contributed by atoms with E-state index in [-0.39, 0.29) is 5.56 Å². The van der Waals surface area contributed by atoms with Crippen LogP contribution in [0.2, 0.25) is 0 Å². The second-order valence-corrected chi connectivity index (χ2v) is 7.69. The molecule has 0 amide bonds. The summed E-state index contributed by atoms with van der Waals surface area (Å²) in [5.41, 5.74) is 2.21. The van der Waals surface area contributed by atoms with Gasteiger partial charge in [-0.05, 0) is 37.0 Å². The van der Waals surface area contributed by atoms with Gasteiger partial charge in [0.2, 0.25) is 0 Å². The van der Waals surface area contributed by atoms with Crippen LogP contribution in [0.25, 0.3) is 10.9 Å². The Kier molecular flexibility index (Phi) is 4.35. The van der Waals surface area contributed by atoms with Gasteiger partial charge in [0.1, 0.15) is 11.9 Å². The monoisotopic (exact) mass is 387 g/mol. The van der Waals surface area contributed by atoms with Gasteiger partial charge in [0.15, 0.2) is 5.69 Å². The minimum atomic E-state index is 0.0534. The number of nitriles is 1. The fourth-order valence-electron chi connectivity index (χ4n) is 3.79. The summed E-state index contributed by atoms with van der Waals surface area (Å²) >= 11 is 0. The van der Waals surface area contributed by atoms with Gasteiger partial charge in [-0.3, -0.25) is 9.36 Å². The fraction of sp³-hybridized carbons (Fsp3) is 0.381. The van der Waals surface area contributed by atoms with Gasteiger partial charge in [-0.2, -0.15) is 5.26 Å². The lowest BCUT2D eigenvalue weighted by atomic mass is 10.2. The van der Waals surface area contributed by atoms with Gasteiger partial charge in [-0.1, -0.05) is 0 Å². The molecule has 5 rings (SSSR count). The van der Waals surface area contributed by atoms with Gasteiger partial charge in [0.05, 0.1) is 29.6 Å². The van der Waals surface area contributed by atoms with Crippen molar-refractivity contribution in [2.45, 2.75) is 19.4 Å². The molecule has 2 fully saturated rings. The first kappa shape index (κ1) is 17.6. The summed E-state index contributed by atoms with van der Waals surface area (Å²) in [6.45, 7) is 4.09. The standard InChI is InChI=1S/C21H21N7O/c22-10-16-11-24-20(12-23-16)27-7-5-26(6-8-27)17-3-4-18-19(9-17)25-14-28(21(18)29)13-15-1-2-15/h3-4,9,11-12,14-15H,1-2,5-8,13H2. The molecule has 0 radical (unpaired) electrons.